The topological polar surface area (TPSA) is 63.5 Å². The van der Waals surface area contributed by atoms with E-state index < -0.39 is 0 Å². The molecule has 0 saturated heterocycles. The highest BCUT2D eigenvalue weighted by atomic mass is 16.5. The van der Waals surface area contributed by atoms with Crippen molar-refractivity contribution in [3.63, 3.8) is 0 Å². The van der Waals surface area contributed by atoms with Crippen LogP contribution in [0.5, 0.6) is 5.75 Å². The van der Waals surface area contributed by atoms with Crippen molar-refractivity contribution in [2.24, 2.45) is 0 Å². The van der Waals surface area contributed by atoms with E-state index >= 15 is 0 Å². The van der Waals surface area contributed by atoms with Gasteiger partial charge in [0.2, 0.25) is 0 Å². The number of rotatable bonds is 5. The van der Waals surface area contributed by atoms with Gasteiger partial charge in [0.15, 0.2) is 0 Å². The minimum Gasteiger partial charge on any atom is -0.493 e. The predicted octanol–water partition coefficient (Wildman–Crippen LogP) is 4.08. The molecule has 0 aliphatic carbocycles. The highest BCUT2D eigenvalue weighted by Crippen LogP contribution is 2.26. The molecule has 0 spiro atoms. The molecule has 1 aliphatic heterocycles. The monoisotopic (exact) mass is 334 g/mol. The van der Waals surface area contributed by atoms with E-state index in [-0.39, 0.29) is 5.91 Å². The van der Waals surface area contributed by atoms with Gasteiger partial charge in [0.25, 0.3) is 5.91 Å². The van der Waals surface area contributed by atoms with E-state index in [2.05, 4.69) is 22.8 Å². The second-order valence-electron chi connectivity index (χ2n) is 5.94. The number of fused-ring (bicyclic) bond motifs is 1. The molecule has 2 heterocycles. The largest absolute Gasteiger partial charge is 0.493 e. The summed E-state index contributed by atoms with van der Waals surface area (Å²) < 4.78 is 10.5. The Labute approximate surface area is 145 Å². The van der Waals surface area contributed by atoms with E-state index in [9.17, 15) is 4.79 Å². The number of ether oxygens (including phenoxy) is 1. The Bertz CT molecular complexity index is 888. The summed E-state index contributed by atoms with van der Waals surface area (Å²) in [6.45, 7) is 1.48. The summed E-state index contributed by atoms with van der Waals surface area (Å²) in [5.41, 5.74) is 4.65. The Morgan fingerprint density at radius 2 is 2.00 bits per heavy atom. The van der Waals surface area contributed by atoms with Crippen molar-refractivity contribution in [3.05, 3.63) is 77.7 Å². The molecule has 5 nitrogen and oxygen atoms in total. The third kappa shape index (κ3) is 3.50. The van der Waals surface area contributed by atoms with Crippen molar-refractivity contribution in [1.29, 1.82) is 0 Å². The molecule has 1 aromatic heterocycles. The molecular weight excluding hydrogens is 316 g/mol. The molecule has 0 atom stereocenters. The van der Waals surface area contributed by atoms with Gasteiger partial charge >= 0.3 is 0 Å². The van der Waals surface area contributed by atoms with Gasteiger partial charge in [-0.15, -0.1) is 0 Å². The van der Waals surface area contributed by atoms with Gasteiger partial charge in [-0.2, -0.15) is 0 Å². The Morgan fingerprint density at radius 1 is 1.08 bits per heavy atom. The summed E-state index contributed by atoms with van der Waals surface area (Å²) >= 11 is 0. The second kappa shape index (κ2) is 6.73. The predicted molar refractivity (Wildman–Crippen MR) is 96.1 cm³/mol. The zero-order valence-electron chi connectivity index (χ0n) is 13.6. The van der Waals surface area contributed by atoms with Crippen molar-refractivity contribution in [2.45, 2.75) is 13.0 Å². The maximum Gasteiger partial charge on any atom is 0.258 e. The third-order valence-corrected chi connectivity index (χ3v) is 4.15. The fourth-order valence-electron chi connectivity index (χ4n) is 2.86. The summed E-state index contributed by atoms with van der Waals surface area (Å²) in [4.78, 5) is 12.1. The minimum absolute atomic E-state index is 0.190. The van der Waals surface area contributed by atoms with Crippen LogP contribution in [0, 0.1) is 0 Å². The normalized spacial score (nSPS) is 12.3. The second-order valence-corrected chi connectivity index (χ2v) is 5.94. The maximum absolute atomic E-state index is 12.1. The fourth-order valence-corrected chi connectivity index (χ4v) is 2.86. The lowest BCUT2D eigenvalue weighted by molar-refractivity contribution is 0.102. The molecule has 4 rings (SSSR count). The van der Waals surface area contributed by atoms with Crippen LogP contribution in [-0.2, 0) is 13.0 Å². The van der Waals surface area contributed by atoms with E-state index in [0.717, 1.165) is 30.2 Å². The average molecular weight is 334 g/mol. The van der Waals surface area contributed by atoms with Gasteiger partial charge in [0.1, 0.15) is 12.0 Å². The Balaban J connectivity index is 1.40. The molecule has 3 aromatic rings. The molecule has 5 heteroatoms. The summed E-state index contributed by atoms with van der Waals surface area (Å²) in [6.07, 6.45) is 3.88. The molecule has 0 fully saturated rings. The lowest BCUT2D eigenvalue weighted by Crippen LogP contribution is -2.11. The van der Waals surface area contributed by atoms with Crippen molar-refractivity contribution in [3.8, 4) is 5.75 Å². The number of amides is 1. The van der Waals surface area contributed by atoms with E-state index in [4.69, 9.17) is 9.15 Å². The summed E-state index contributed by atoms with van der Waals surface area (Å²) in [5, 5.41) is 6.25. The van der Waals surface area contributed by atoms with Crippen LogP contribution in [-0.4, -0.2) is 12.5 Å². The Morgan fingerprint density at radius 3 is 2.88 bits per heavy atom. The molecule has 1 amide bonds. The quantitative estimate of drug-likeness (QED) is 0.738. The molecule has 2 N–H and O–H groups in total. The van der Waals surface area contributed by atoms with Crippen LogP contribution < -0.4 is 15.4 Å². The van der Waals surface area contributed by atoms with Crippen molar-refractivity contribution in [1.82, 2.24) is 0 Å². The number of hydrogen-bond acceptors (Lipinski definition) is 4. The van der Waals surface area contributed by atoms with Gasteiger partial charge < -0.3 is 19.8 Å². The number of benzene rings is 2. The maximum atomic E-state index is 12.1. The molecule has 0 unspecified atom stereocenters. The molecule has 0 bridgehead atoms. The van der Waals surface area contributed by atoms with Gasteiger partial charge in [0, 0.05) is 24.3 Å². The SMILES string of the molecule is O=C(Nc1cccc(NCc2ccc3c(c2)CCO3)c1)c1ccoc1. The van der Waals surface area contributed by atoms with Crippen LogP contribution in [0.1, 0.15) is 21.5 Å². The zero-order chi connectivity index (χ0) is 17.1. The van der Waals surface area contributed by atoms with Gasteiger partial charge in [-0.3, -0.25) is 4.79 Å². The van der Waals surface area contributed by atoms with E-state index in [0.29, 0.717) is 12.1 Å². The lowest BCUT2D eigenvalue weighted by Gasteiger charge is -2.10. The Hall–Kier alpha value is -3.21. The summed E-state index contributed by atoms with van der Waals surface area (Å²) in [7, 11) is 0. The van der Waals surface area contributed by atoms with Gasteiger partial charge in [-0.05, 0) is 41.5 Å². The molecule has 25 heavy (non-hydrogen) atoms. The first kappa shape index (κ1) is 15.3. The average Bonchev–Trinajstić information content (AvgIpc) is 3.31. The standard InChI is InChI=1S/C20H18N2O3/c23-20(16-6-8-24-13-16)22-18-3-1-2-17(11-18)21-12-14-4-5-19-15(10-14)7-9-25-19/h1-6,8,10-11,13,21H,7,9,12H2,(H,22,23). The number of carbonyl (C=O) groups excluding carboxylic acids is 1. The number of furan rings is 1. The molecule has 2 aromatic carbocycles. The first-order chi connectivity index (χ1) is 12.3. The summed E-state index contributed by atoms with van der Waals surface area (Å²) in [6, 6.07) is 15.6. The highest BCUT2D eigenvalue weighted by Gasteiger charge is 2.12. The third-order valence-electron chi connectivity index (χ3n) is 4.15. The van der Waals surface area contributed by atoms with Crippen LogP contribution >= 0.6 is 0 Å². The number of nitrogens with one attached hydrogen (secondary N) is 2. The molecule has 0 radical (unpaired) electrons. The first-order valence-electron chi connectivity index (χ1n) is 8.20. The van der Waals surface area contributed by atoms with Crippen molar-refractivity contribution < 1.29 is 13.9 Å². The molecular formula is C20H18N2O3. The van der Waals surface area contributed by atoms with Crippen molar-refractivity contribution >= 4 is 17.3 Å². The fraction of sp³-hybridized carbons (Fsp3) is 0.150. The van der Waals surface area contributed by atoms with Crippen LogP contribution in [0.4, 0.5) is 11.4 Å². The Kier molecular flexibility index (Phi) is 4.12. The molecule has 0 saturated carbocycles. The van der Waals surface area contributed by atoms with Crippen LogP contribution in [0.15, 0.2) is 65.5 Å². The van der Waals surface area contributed by atoms with Gasteiger partial charge in [-0.25, -0.2) is 0 Å². The van der Waals surface area contributed by atoms with Gasteiger partial charge in [-0.1, -0.05) is 18.2 Å². The van der Waals surface area contributed by atoms with Crippen LogP contribution in [0.2, 0.25) is 0 Å². The minimum atomic E-state index is -0.190. The van der Waals surface area contributed by atoms with Gasteiger partial charge in [0.05, 0.1) is 18.4 Å². The van der Waals surface area contributed by atoms with Crippen LogP contribution in [0.25, 0.3) is 0 Å². The smallest absolute Gasteiger partial charge is 0.258 e. The first-order valence-corrected chi connectivity index (χ1v) is 8.20. The van der Waals surface area contributed by atoms with Crippen LogP contribution in [0.3, 0.4) is 0 Å². The summed E-state index contributed by atoms with van der Waals surface area (Å²) in [5.74, 6) is 0.803. The lowest BCUT2D eigenvalue weighted by atomic mass is 10.1. The number of anilines is 2. The number of carbonyl (C=O) groups is 1. The van der Waals surface area contributed by atoms with E-state index in [1.807, 2.05) is 30.3 Å². The molecule has 126 valence electrons. The molecule has 1 aliphatic rings. The van der Waals surface area contributed by atoms with E-state index in [1.165, 1.54) is 23.7 Å². The zero-order valence-corrected chi connectivity index (χ0v) is 13.6. The van der Waals surface area contributed by atoms with Crippen molar-refractivity contribution in [2.75, 3.05) is 17.2 Å². The highest BCUT2D eigenvalue weighted by molar-refractivity contribution is 6.04. The van der Waals surface area contributed by atoms with E-state index in [1.54, 1.807) is 6.07 Å². The number of hydrogen-bond donors (Lipinski definition) is 2.